The van der Waals surface area contributed by atoms with Crippen LogP contribution in [0.1, 0.15) is 53.9 Å². The van der Waals surface area contributed by atoms with Crippen molar-refractivity contribution in [2.45, 2.75) is 59.9 Å². The van der Waals surface area contributed by atoms with E-state index >= 15 is 0 Å². The van der Waals surface area contributed by atoms with E-state index < -0.39 is 0 Å². The fourth-order valence-corrected chi connectivity index (χ4v) is 2.38. The van der Waals surface area contributed by atoms with Crippen molar-refractivity contribution < 1.29 is 0 Å². The van der Waals surface area contributed by atoms with Crippen molar-refractivity contribution in [3.05, 3.63) is 22.9 Å². The van der Waals surface area contributed by atoms with E-state index in [4.69, 9.17) is 0 Å². The molecule has 0 fully saturated rings. The number of nitrogens with one attached hydrogen (secondary N) is 2. The molecule has 0 amide bonds. The fourth-order valence-electron chi connectivity index (χ4n) is 2.38. The summed E-state index contributed by atoms with van der Waals surface area (Å²) in [4.78, 5) is 4.59. The molecule has 0 saturated carbocycles. The molecule has 0 aromatic rings. The SMILES string of the molecule is CC/C=C(\C)CCNNC1=C(CC)C(C)N=C1C. The third-order valence-electron chi connectivity index (χ3n) is 3.37. The minimum atomic E-state index is 0.334. The van der Waals surface area contributed by atoms with Gasteiger partial charge in [0.2, 0.25) is 0 Å². The normalized spacial score (nSPS) is 20.4. The Balaban J connectivity index is 2.41. The summed E-state index contributed by atoms with van der Waals surface area (Å²) < 4.78 is 0. The van der Waals surface area contributed by atoms with Crippen LogP contribution in [0.15, 0.2) is 27.9 Å². The molecule has 0 saturated heterocycles. The predicted molar refractivity (Wildman–Crippen MR) is 79.7 cm³/mol. The first-order chi connectivity index (χ1) is 8.60. The third kappa shape index (κ3) is 3.98. The molecule has 0 aromatic carbocycles. The number of rotatable bonds is 7. The van der Waals surface area contributed by atoms with Crippen molar-refractivity contribution in [3.63, 3.8) is 0 Å². The molecular formula is C15H27N3. The minimum absolute atomic E-state index is 0.334. The number of nitrogens with zero attached hydrogens (tertiary/aromatic N) is 1. The lowest BCUT2D eigenvalue weighted by atomic mass is 10.1. The maximum absolute atomic E-state index is 4.59. The summed E-state index contributed by atoms with van der Waals surface area (Å²) >= 11 is 0. The van der Waals surface area contributed by atoms with Gasteiger partial charge in [-0.1, -0.05) is 25.5 Å². The molecule has 1 heterocycles. The van der Waals surface area contributed by atoms with Crippen LogP contribution in [0, 0.1) is 0 Å². The van der Waals surface area contributed by atoms with Crippen molar-refractivity contribution in [2.75, 3.05) is 6.54 Å². The van der Waals surface area contributed by atoms with Crippen LogP contribution in [0.4, 0.5) is 0 Å². The van der Waals surface area contributed by atoms with E-state index in [1.807, 2.05) is 0 Å². The Morgan fingerprint density at radius 3 is 2.72 bits per heavy atom. The van der Waals surface area contributed by atoms with Crippen molar-refractivity contribution in [2.24, 2.45) is 4.99 Å². The molecule has 1 atom stereocenters. The Labute approximate surface area is 111 Å². The maximum Gasteiger partial charge on any atom is 0.0709 e. The zero-order valence-electron chi connectivity index (χ0n) is 12.4. The molecule has 0 aromatic heterocycles. The lowest BCUT2D eigenvalue weighted by Gasteiger charge is -2.13. The van der Waals surface area contributed by atoms with Gasteiger partial charge in [0.1, 0.15) is 0 Å². The first kappa shape index (κ1) is 15.0. The van der Waals surface area contributed by atoms with Crippen LogP contribution in [0.25, 0.3) is 0 Å². The monoisotopic (exact) mass is 249 g/mol. The predicted octanol–water partition coefficient (Wildman–Crippen LogP) is 3.35. The molecule has 0 spiro atoms. The Morgan fingerprint density at radius 1 is 1.39 bits per heavy atom. The summed E-state index contributed by atoms with van der Waals surface area (Å²) in [5.41, 5.74) is 11.8. The van der Waals surface area contributed by atoms with Crippen LogP contribution >= 0.6 is 0 Å². The van der Waals surface area contributed by atoms with E-state index in [9.17, 15) is 0 Å². The number of hydrogen-bond donors (Lipinski definition) is 2. The van der Waals surface area contributed by atoms with Gasteiger partial charge in [-0.2, -0.15) is 0 Å². The minimum Gasteiger partial charge on any atom is -0.320 e. The summed E-state index contributed by atoms with van der Waals surface area (Å²) in [6.07, 6.45) is 5.54. The molecule has 18 heavy (non-hydrogen) atoms. The van der Waals surface area contributed by atoms with Gasteiger partial charge in [0.25, 0.3) is 0 Å². The largest absolute Gasteiger partial charge is 0.320 e. The Morgan fingerprint density at radius 2 is 2.11 bits per heavy atom. The Kier molecular flexibility index (Phi) is 6.13. The van der Waals surface area contributed by atoms with Gasteiger partial charge in [-0.25, -0.2) is 5.43 Å². The molecule has 1 aliphatic heterocycles. The summed E-state index contributed by atoms with van der Waals surface area (Å²) in [7, 11) is 0. The molecule has 0 radical (unpaired) electrons. The van der Waals surface area contributed by atoms with E-state index in [0.29, 0.717) is 6.04 Å². The highest BCUT2D eigenvalue weighted by Crippen LogP contribution is 2.22. The second kappa shape index (κ2) is 7.37. The first-order valence-corrected chi connectivity index (χ1v) is 7.02. The number of hydrazine groups is 1. The lowest BCUT2D eigenvalue weighted by Crippen LogP contribution is -2.34. The highest BCUT2D eigenvalue weighted by Gasteiger charge is 2.20. The number of allylic oxidation sites excluding steroid dienone is 2. The molecule has 1 rings (SSSR count). The van der Waals surface area contributed by atoms with Gasteiger partial charge in [-0.3, -0.25) is 4.99 Å². The smallest absolute Gasteiger partial charge is 0.0709 e. The zero-order chi connectivity index (χ0) is 13.5. The standard InChI is InChI=1S/C15H27N3/c1-6-8-11(3)9-10-16-18-15-13(5)17-12(4)14(15)7-2/h8,12,16,18H,6-7,9-10H2,1-5H3/b11-8+. The van der Waals surface area contributed by atoms with Crippen molar-refractivity contribution in [3.8, 4) is 0 Å². The second-order valence-electron chi connectivity index (χ2n) is 4.90. The van der Waals surface area contributed by atoms with Crippen LogP contribution in [-0.2, 0) is 0 Å². The molecule has 1 aliphatic rings. The second-order valence-corrected chi connectivity index (χ2v) is 4.90. The molecule has 3 heteroatoms. The summed E-state index contributed by atoms with van der Waals surface area (Å²) in [6.45, 7) is 11.7. The number of hydrogen-bond acceptors (Lipinski definition) is 3. The van der Waals surface area contributed by atoms with Crippen molar-refractivity contribution in [1.82, 2.24) is 10.9 Å². The molecular weight excluding hydrogens is 222 g/mol. The van der Waals surface area contributed by atoms with E-state index in [2.05, 4.69) is 56.5 Å². The molecule has 102 valence electrons. The van der Waals surface area contributed by atoms with E-state index in [1.54, 1.807) is 0 Å². The highest BCUT2D eigenvalue weighted by atomic mass is 15.4. The topological polar surface area (TPSA) is 36.4 Å². The van der Waals surface area contributed by atoms with Crippen LogP contribution in [0.3, 0.4) is 0 Å². The average Bonchev–Trinajstić information content (AvgIpc) is 2.59. The average molecular weight is 249 g/mol. The van der Waals surface area contributed by atoms with Crippen LogP contribution in [0.5, 0.6) is 0 Å². The quantitative estimate of drug-likeness (QED) is 0.412. The van der Waals surface area contributed by atoms with E-state index in [0.717, 1.165) is 31.5 Å². The van der Waals surface area contributed by atoms with E-state index in [-0.39, 0.29) is 0 Å². The molecule has 0 bridgehead atoms. The van der Waals surface area contributed by atoms with Gasteiger partial charge in [-0.15, -0.1) is 0 Å². The molecule has 1 unspecified atom stereocenters. The van der Waals surface area contributed by atoms with Crippen LogP contribution in [0.2, 0.25) is 0 Å². The van der Waals surface area contributed by atoms with Gasteiger partial charge in [0.05, 0.1) is 17.5 Å². The van der Waals surface area contributed by atoms with Crippen LogP contribution < -0.4 is 10.9 Å². The summed E-state index contributed by atoms with van der Waals surface area (Å²) in [5, 5.41) is 0. The molecule has 3 nitrogen and oxygen atoms in total. The van der Waals surface area contributed by atoms with Gasteiger partial charge in [-0.05, 0) is 45.6 Å². The summed E-state index contributed by atoms with van der Waals surface area (Å²) in [5.74, 6) is 0. The molecule has 0 aliphatic carbocycles. The van der Waals surface area contributed by atoms with E-state index in [1.165, 1.54) is 16.8 Å². The first-order valence-electron chi connectivity index (χ1n) is 7.02. The van der Waals surface area contributed by atoms with Crippen molar-refractivity contribution in [1.29, 1.82) is 0 Å². The number of aliphatic imine (C=N–C) groups is 1. The Bertz CT molecular complexity index is 364. The third-order valence-corrected chi connectivity index (χ3v) is 3.37. The Hall–Kier alpha value is -1.09. The molecule has 2 N–H and O–H groups in total. The van der Waals surface area contributed by atoms with Gasteiger partial charge >= 0.3 is 0 Å². The van der Waals surface area contributed by atoms with Gasteiger partial charge in [0.15, 0.2) is 0 Å². The van der Waals surface area contributed by atoms with Gasteiger partial charge < -0.3 is 5.43 Å². The lowest BCUT2D eigenvalue weighted by molar-refractivity contribution is 0.605. The summed E-state index contributed by atoms with van der Waals surface area (Å²) in [6, 6.07) is 0.334. The van der Waals surface area contributed by atoms with Crippen LogP contribution in [-0.4, -0.2) is 18.3 Å². The maximum atomic E-state index is 4.59. The zero-order valence-corrected chi connectivity index (χ0v) is 12.4. The fraction of sp³-hybridized carbons (Fsp3) is 0.667. The van der Waals surface area contributed by atoms with Gasteiger partial charge in [0, 0.05) is 6.54 Å². The highest BCUT2D eigenvalue weighted by molar-refractivity contribution is 6.00. The van der Waals surface area contributed by atoms with Crippen molar-refractivity contribution >= 4 is 5.71 Å².